The van der Waals surface area contributed by atoms with E-state index in [9.17, 15) is 9.00 Å². The topological polar surface area (TPSA) is 59.1 Å². The molecule has 1 aliphatic heterocycles. The van der Waals surface area contributed by atoms with Gasteiger partial charge in [-0.1, -0.05) is 31.4 Å². The van der Waals surface area contributed by atoms with E-state index in [0.29, 0.717) is 15.8 Å². The van der Waals surface area contributed by atoms with Crippen molar-refractivity contribution in [2.45, 2.75) is 60.4 Å². The van der Waals surface area contributed by atoms with Gasteiger partial charge in [-0.2, -0.15) is 0 Å². The lowest BCUT2D eigenvalue weighted by atomic mass is 9.88. The van der Waals surface area contributed by atoms with E-state index in [2.05, 4.69) is 9.80 Å². The molecular weight excluding hydrogens is 448 g/mol. The van der Waals surface area contributed by atoms with Gasteiger partial charge in [-0.3, -0.25) is 9.80 Å². The number of carbonyl (C=O) groups excluding carboxylic acids is 1. The van der Waals surface area contributed by atoms with Crippen LogP contribution < -0.4 is 4.74 Å². The molecule has 7 heteroatoms. The van der Waals surface area contributed by atoms with Gasteiger partial charge >= 0.3 is 5.97 Å². The molecule has 1 aliphatic carbocycles. The third kappa shape index (κ3) is 5.07. The first-order valence-corrected chi connectivity index (χ1v) is 13.4. The van der Waals surface area contributed by atoms with E-state index in [0.717, 1.165) is 37.5 Å². The van der Waals surface area contributed by atoms with E-state index in [4.69, 9.17) is 9.47 Å². The number of ether oxygens (including phenoxy) is 2. The predicted molar refractivity (Wildman–Crippen MR) is 133 cm³/mol. The Hall–Kier alpha value is -2.22. The number of rotatable bonds is 7. The second kappa shape index (κ2) is 11.0. The smallest absolute Gasteiger partial charge is 0.330 e. The minimum Gasteiger partial charge on any atom is -0.497 e. The number of carbonyl (C=O) groups is 1. The summed E-state index contributed by atoms with van der Waals surface area (Å²) in [4.78, 5) is 19.3. The standard InChI is InChI=1S/C27H36N2O4S/c1-27(26(30)33-3,29-19-17-28(18-20-29)22-7-5-4-6-8-22)21-9-13-24(14-10-21)34(31)25-15-11-23(32-2)12-16-25/h9-16,22H,4-8,17-20H2,1-3H3. The van der Waals surface area contributed by atoms with Gasteiger partial charge in [0.25, 0.3) is 0 Å². The van der Waals surface area contributed by atoms with Crippen molar-refractivity contribution in [1.82, 2.24) is 9.80 Å². The van der Waals surface area contributed by atoms with Gasteiger partial charge in [-0.25, -0.2) is 9.00 Å². The molecule has 0 amide bonds. The second-order valence-electron chi connectivity index (χ2n) is 9.35. The average molecular weight is 485 g/mol. The Morgan fingerprint density at radius 2 is 1.44 bits per heavy atom. The van der Waals surface area contributed by atoms with Gasteiger partial charge in [-0.05, 0) is 61.7 Å². The maximum Gasteiger partial charge on any atom is 0.330 e. The number of benzene rings is 2. The maximum atomic E-state index is 13.1. The highest BCUT2D eigenvalue weighted by Crippen LogP contribution is 2.33. The highest BCUT2D eigenvalue weighted by molar-refractivity contribution is 7.85. The quantitative estimate of drug-likeness (QED) is 0.549. The van der Waals surface area contributed by atoms with Gasteiger partial charge in [-0.15, -0.1) is 0 Å². The molecule has 2 aromatic rings. The first-order chi connectivity index (χ1) is 16.5. The Kier molecular flexibility index (Phi) is 8.06. The van der Waals surface area contributed by atoms with Crippen LogP contribution in [0.5, 0.6) is 5.75 Å². The third-order valence-electron chi connectivity index (χ3n) is 7.52. The maximum absolute atomic E-state index is 13.1. The first kappa shape index (κ1) is 24.9. The van der Waals surface area contributed by atoms with Crippen molar-refractivity contribution < 1.29 is 18.5 Å². The molecular formula is C27H36N2O4S. The van der Waals surface area contributed by atoms with Crippen molar-refractivity contribution in [1.29, 1.82) is 0 Å². The van der Waals surface area contributed by atoms with Crippen molar-refractivity contribution in [3.05, 3.63) is 54.1 Å². The Balaban J connectivity index is 1.50. The molecule has 1 saturated carbocycles. The Morgan fingerprint density at radius 1 is 0.882 bits per heavy atom. The zero-order chi connectivity index (χ0) is 24.1. The molecule has 2 aromatic carbocycles. The molecule has 1 saturated heterocycles. The van der Waals surface area contributed by atoms with Crippen LogP contribution in [-0.2, 0) is 25.9 Å². The van der Waals surface area contributed by atoms with Gasteiger partial charge in [0.1, 0.15) is 11.3 Å². The molecule has 0 bridgehead atoms. The van der Waals surface area contributed by atoms with Crippen LogP contribution in [0.4, 0.5) is 0 Å². The second-order valence-corrected chi connectivity index (χ2v) is 10.8. The van der Waals surface area contributed by atoms with E-state index in [1.165, 1.54) is 39.2 Å². The molecule has 4 rings (SSSR count). The summed E-state index contributed by atoms with van der Waals surface area (Å²) in [6.45, 7) is 5.53. The Morgan fingerprint density at radius 3 is 1.97 bits per heavy atom. The van der Waals surface area contributed by atoms with Crippen LogP contribution in [0.15, 0.2) is 58.3 Å². The lowest BCUT2D eigenvalue weighted by Crippen LogP contribution is -2.59. The zero-order valence-electron chi connectivity index (χ0n) is 20.5. The first-order valence-electron chi connectivity index (χ1n) is 12.2. The highest BCUT2D eigenvalue weighted by atomic mass is 32.2. The van der Waals surface area contributed by atoms with Crippen LogP contribution in [0.25, 0.3) is 0 Å². The predicted octanol–water partition coefficient (Wildman–Crippen LogP) is 4.20. The monoisotopic (exact) mass is 484 g/mol. The van der Waals surface area contributed by atoms with Crippen LogP contribution in [-0.4, -0.2) is 66.4 Å². The van der Waals surface area contributed by atoms with E-state index in [1.807, 2.05) is 55.5 Å². The van der Waals surface area contributed by atoms with Crippen LogP contribution in [0.1, 0.15) is 44.6 Å². The van der Waals surface area contributed by atoms with Crippen molar-refractivity contribution in [2.24, 2.45) is 0 Å². The fourth-order valence-corrected chi connectivity index (χ4v) is 6.39. The van der Waals surface area contributed by atoms with Gasteiger partial charge < -0.3 is 9.47 Å². The zero-order valence-corrected chi connectivity index (χ0v) is 21.3. The minimum absolute atomic E-state index is 0.261. The third-order valence-corrected chi connectivity index (χ3v) is 8.93. The largest absolute Gasteiger partial charge is 0.497 e. The van der Waals surface area contributed by atoms with E-state index in [-0.39, 0.29) is 5.97 Å². The molecule has 0 spiro atoms. The van der Waals surface area contributed by atoms with Crippen LogP contribution in [0.2, 0.25) is 0 Å². The fraction of sp³-hybridized carbons (Fsp3) is 0.519. The van der Waals surface area contributed by atoms with Crippen molar-refractivity contribution >= 4 is 16.8 Å². The van der Waals surface area contributed by atoms with E-state index in [1.54, 1.807) is 7.11 Å². The molecule has 2 atom stereocenters. The summed E-state index contributed by atoms with van der Waals surface area (Å²) in [5.41, 5.74) is -0.0194. The van der Waals surface area contributed by atoms with Gasteiger partial charge in [0, 0.05) is 42.0 Å². The highest BCUT2D eigenvalue weighted by Gasteiger charge is 2.44. The normalized spacial score (nSPS) is 20.9. The summed E-state index contributed by atoms with van der Waals surface area (Å²) in [6.07, 6.45) is 6.60. The van der Waals surface area contributed by atoms with Gasteiger partial charge in [0.2, 0.25) is 0 Å². The number of piperazine rings is 1. The van der Waals surface area contributed by atoms with Gasteiger partial charge in [0.05, 0.1) is 25.0 Å². The summed E-state index contributed by atoms with van der Waals surface area (Å²) in [5.74, 6) is 0.469. The molecule has 2 fully saturated rings. The van der Waals surface area contributed by atoms with Crippen molar-refractivity contribution in [2.75, 3.05) is 40.4 Å². The Labute approximate surface area is 205 Å². The molecule has 1 heterocycles. The van der Waals surface area contributed by atoms with E-state index < -0.39 is 16.3 Å². The molecule has 6 nitrogen and oxygen atoms in total. The van der Waals surface area contributed by atoms with Crippen LogP contribution in [0, 0.1) is 0 Å². The SMILES string of the molecule is COC(=O)C(C)(c1ccc(S(=O)c2ccc(OC)cc2)cc1)N1CCN(C2CCCCC2)CC1. The molecule has 0 N–H and O–H groups in total. The number of nitrogens with zero attached hydrogens (tertiary/aromatic N) is 2. The molecule has 0 aromatic heterocycles. The van der Waals surface area contributed by atoms with Crippen molar-refractivity contribution in [3.63, 3.8) is 0 Å². The van der Waals surface area contributed by atoms with Crippen LogP contribution >= 0.6 is 0 Å². The summed E-state index contributed by atoms with van der Waals surface area (Å²) in [6, 6.07) is 15.5. The summed E-state index contributed by atoms with van der Waals surface area (Å²) < 4.78 is 23.5. The van der Waals surface area contributed by atoms with E-state index >= 15 is 0 Å². The number of esters is 1. The molecule has 34 heavy (non-hydrogen) atoms. The summed E-state index contributed by atoms with van der Waals surface area (Å²) >= 11 is 0. The number of hydrogen-bond donors (Lipinski definition) is 0. The molecule has 2 aliphatic rings. The molecule has 0 radical (unpaired) electrons. The van der Waals surface area contributed by atoms with Crippen molar-refractivity contribution in [3.8, 4) is 5.75 Å². The summed E-state index contributed by atoms with van der Waals surface area (Å²) in [7, 11) is 1.75. The lowest BCUT2D eigenvalue weighted by Gasteiger charge is -2.46. The minimum atomic E-state index is -1.31. The molecule has 184 valence electrons. The number of methoxy groups -OCH3 is 2. The van der Waals surface area contributed by atoms with Crippen LogP contribution in [0.3, 0.4) is 0 Å². The number of hydrogen-bond acceptors (Lipinski definition) is 6. The molecule has 2 unspecified atom stereocenters. The lowest BCUT2D eigenvalue weighted by molar-refractivity contribution is -0.157. The average Bonchev–Trinajstić information content (AvgIpc) is 2.92. The fourth-order valence-electron chi connectivity index (χ4n) is 5.35. The Bertz CT molecular complexity index is 981. The van der Waals surface area contributed by atoms with Gasteiger partial charge in [0.15, 0.2) is 0 Å². The summed E-state index contributed by atoms with van der Waals surface area (Å²) in [5, 5.41) is 0.